The standard InChI is InChI=1S/C23H29N3O2/c1-16(2)28-21-15-18(27-14-12-17-7-4-3-5-8-17)10-11-19(21)22-25-20-9-6-13-24-23(20)26-22/h6,9-11,13,15-17H,3-5,7-8,12,14H2,1-2H3,(H,24,25,26). The van der Waals surface area contributed by atoms with Crippen molar-refractivity contribution in [2.45, 2.75) is 58.5 Å². The zero-order valence-corrected chi connectivity index (χ0v) is 16.8. The molecule has 28 heavy (non-hydrogen) atoms. The number of rotatable bonds is 7. The number of aromatic amines is 1. The smallest absolute Gasteiger partial charge is 0.178 e. The third-order valence-corrected chi connectivity index (χ3v) is 5.35. The van der Waals surface area contributed by atoms with Crippen molar-refractivity contribution in [1.82, 2.24) is 15.0 Å². The molecule has 1 aliphatic rings. The molecule has 1 saturated carbocycles. The lowest BCUT2D eigenvalue weighted by molar-refractivity contribution is 0.234. The minimum atomic E-state index is 0.0683. The third-order valence-electron chi connectivity index (χ3n) is 5.35. The van der Waals surface area contributed by atoms with Crippen LogP contribution >= 0.6 is 0 Å². The first-order valence-corrected chi connectivity index (χ1v) is 10.4. The van der Waals surface area contributed by atoms with E-state index in [9.17, 15) is 0 Å². The second kappa shape index (κ2) is 8.63. The van der Waals surface area contributed by atoms with Gasteiger partial charge >= 0.3 is 0 Å². The van der Waals surface area contributed by atoms with Crippen molar-refractivity contribution < 1.29 is 9.47 Å². The number of fused-ring (bicyclic) bond motifs is 1. The van der Waals surface area contributed by atoms with Gasteiger partial charge in [-0.15, -0.1) is 0 Å². The largest absolute Gasteiger partial charge is 0.493 e. The summed E-state index contributed by atoms with van der Waals surface area (Å²) in [6.45, 7) is 4.82. The Hall–Kier alpha value is -2.56. The molecule has 0 bridgehead atoms. The second-order valence-corrected chi connectivity index (χ2v) is 7.93. The molecule has 1 N–H and O–H groups in total. The molecular weight excluding hydrogens is 350 g/mol. The van der Waals surface area contributed by atoms with Crippen LogP contribution in [-0.4, -0.2) is 27.7 Å². The Kier molecular flexibility index (Phi) is 5.79. The molecular formula is C23H29N3O2. The molecule has 0 radical (unpaired) electrons. The van der Waals surface area contributed by atoms with Crippen molar-refractivity contribution in [2.75, 3.05) is 6.61 Å². The highest BCUT2D eigenvalue weighted by atomic mass is 16.5. The summed E-state index contributed by atoms with van der Waals surface area (Å²) < 4.78 is 12.1. The molecule has 0 amide bonds. The number of nitrogens with one attached hydrogen (secondary N) is 1. The highest BCUT2D eigenvalue weighted by Gasteiger charge is 2.16. The molecule has 5 heteroatoms. The second-order valence-electron chi connectivity index (χ2n) is 7.93. The van der Waals surface area contributed by atoms with Gasteiger partial charge in [0.1, 0.15) is 17.3 Å². The van der Waals surface area contributed by atoms with Gasteiger partial charge in [-0.3, -0.25) is 0 Å². The minimum absolute atomic E-state index is 0.0683. The van der Waals surface area contributed by atoms with Crippen molar-refractivity contribution >= 4 is 11.2 Å². The molecule has 148 valence electrons. The van der Waals surface area contributed by atoms with Crippen LogP contribution in [0.25, 0.3) is 22.6 Å². The number of hydrogen-bond acceptors (Lipinski definition) is 4. The Morgan fingerprint density at radius 3 is 2.79 bits per heavy atom. The predicted molar refractivity (Wildman–Crippen MR) is 112 cm³/mol. The van der Waals surface area contributed by atoms with Gasteiger partial charge in [-0.1, -0.05) is 32.1 Å². The van der Waals surface area contributed by atoms with Crippen LogP contribution in [0.3, 0.4) is 0 Å². The fourth-order valence-corrected chi connectivity index (χ4v) is 3.93. The van der Waals surface area contributed by atoms with Gasteiger partial charge in [0.15, 0.2) is 5.65 Å². The van der Waals surface area contributed by atoms with Gasteiger partial charge in [-0.25, -0.2) is 9.97 Å². The quantitative estimate of drug-likeness (QED) is 0.567. The van der Waals surface area contributed by atoms with E-state index in [1.807, 2.05) is 44.2 Å². The summed E-state index contributed by atoms with van der Waals surface area (Å²) >= 11 is 0. The maximum Gasteiger partial charge on any atom is 0.178 e. The molecule has 3 aromatic rings. The highest BCUT2D eigenvalue weighted by Crippen LogP contribution is 2.34. The Balaban J connectivity index is 1.51. The van der Waals surface area contributed by atoms with Crippen LogP contribution in [-0.2, 0) is 0 Å². The van der Waals surface area contributed by atoms with Gasteiger partial charge in [0, 0.05) is 12.3 Å². The Bertz CT molecular complexity index is 880. The maximum atomic E-state index is 6.07. The van der Waals surface area contributed by atoms with Crippen molar-refractivity contribution in [3.8, 4) is 22.9 Å². The lowest BCUT2D eigenvalue weighted by atomic mass is 9.87. The lowest BCUT2D eigenvalue weighted by Gasteiger charge is -2.21. The van der Waals surface area contributed by atoms with Crippen molar-refractivity contribution in [1.29, 1.82) is 0 Å². The molecule has 0 atom stereocenters. The van der Waals surface area contributed by atoms with Gasteiger partial charge in [0.2, 0.25) is 0 Å². The predicted octanol–water partition coefficient (Wildman–Crippen LogP) is 5.76. The van der Waals surface area contributed by atoms with Crippen molar-refractivity contribution in [3.63, 3.8) is 0 Å². The number of hydrogen-bond donors (Lipinski definition) is 1. The average molecular weight is 380 g/mol. The lowest BCUT2D eigenvalue weighted by Crippen LogP contribution is -2.11. The summed E-state index contributed by atoms with van der Waals surface area (Å²) in [6, 6.07) is 9.88. The van der Waals surface area contributed by atoms with E-state index in [-0.39, 0.29) is 6.10 Å². The zero-order chi connectivity index (χ0) is 19.3. The van der Waals surface area contributed by atoms with E-state index >= 15 is 0 Å². The monoisotopic (exact) mass is 379 g/mol. The number of imidazole rings is 1. The summed E-state index contributed by atoms with van der Waals surface area (Å²) in [5.41, 5.74) is 2.55. The van der Waals surface area contributed by atoms with Gasteiger partial charge in [0.25, 0.3) is 0 Å². The maximum absolute atomic E-state index is 6.07. The molecule has 0 saturated heterocycles. The van der Waals surface area contributed by atoms with Crippen LogP contribution in [0.15, 0.2) is 36.5 Å². The summed E-state index contributed by atoms with van der Waals surface area (Å²) in [6.07, 6.45) is 9.80. The average Bonchev–Trinajstić information content (AvgIpc) is 3.12. The molecule has 0 spiro atoms. The Morgan fingerprint density at radius 2 is 2.00 bits per heavy atom. The normalized spacial score (nSPS) is 15.2. The number of benzene rings is 1. The molecule has 1 aromatic carbocycles. The number of ether oxygens (including phenoxy) is 2. The van der Waals surface area contributed by atoms with Gasteiger partial charge in [0.05, 0.1) is 23.8 Å². The fraction of sp³-hybridized carbons (Fsp3) is 0.478. The first-order valence-electron chi connectivity index (χ1n) is 10.4. The van der Waals surface area contributed by atoms with Gasteiger partial charge < -0.3 is 14.5 Å². The molecule has 1 fully saturated rings. The van der Waals surface area contributed by atoms with E-state index in [0.29, 0.717) is 5.65 Å². The first-order chi connectivity index (χ1) is 13.7. The fourth-order valence-electron chi connectivity index (χ4n) is 3.93. The van der Waals surface area contributed by atoms with Crippen molar-refractivity contribution in [2.24, 2.45) is 5.92 Å². The Morgan fingerprint density at radius 1 is 1.14 bits per heavy atom. The molecule has 1 aliphatic carbocycles. The van der Waals surface area contributed by atoms with Crippen molar-refractivity contribution in [3.05, 3.63) is 36.5 Å². The van der Waals surface area contributed by atoms with Gasteiger partial charge in [-0.2, -0.15) is 0 Å². The third kappa shape index (κ3) is 4.46. The summed E-state index contributed by atoms with van der Waals surface area (Å²) in [7, 11) is 0. The number of aromatic nitrogens is 3. The molecule has 2 aromatic heterocycles. The van der Waals surface area contributed by atoms with E-state index in [0.717, 1.165) is 47.3 Å². The number of pyridine rings is 1. The summed E-state index contributed by atoms with van der Waals surface area (Å²) in [5.74, 6) is 3.22. The molecule has 4 rings (SSSR count). The Labute approximate surface area is 166 Å². The molecule has 0 unspecified atom stereocenters. The van der Waals surface area contributed by atoms with Gasteiger partial charge in [-0.05, 0) is 50.5 Å². The molecule has 0 aliphatic heterocycles. The van der Waals surface area contributed by atoms with E-state index in [1.54, 1.807) is 6.20 Å². The van der Waals surface area contributed by atoms with Crippen LogP contribution in [0, 0.1) is 5.92 Å². The highest BCUT2D eigenvalue weighted by molar-refractivity contribution is 5.77. The molecule has 5 nitrogen and oxygen atoms in total. The molecule has 2 heterocycles. The van der Waals surface area contributed by atoms with Crippen LogP contribution in [0.1, 0.15) is 52.4 Å². The summed E-state index contributed by atoms with van der Waals surface area (Å²) in [4.78, 5) is 12.3. The SMILES string of the molecule is CC(C)Oc1cc(OCCC2CCCCC2)ccc1-c1nc2ncccc2[nH]1. The zero-order valence-electron chi connectivity index (χ0n) is 16.8. The number of H-pyrrole nitrogens is 1. The van der Waals surface area contributed by atoms with Crippen LogP contribution in [0.2, 0.25) is 0 Å². The van der Waals surface area contributed by atoms with Crippen LogP contribution in [0.5, 0.6) is 11.5 Å². The number of nitrogens with zero attached hydrogens (tertiary/aromatic N) is 2. The minimum Gasteiger partial charge on any atom is -0.493 e. The summed E-state index contributed by atoms with van der Waals surface area (Å²) in [5, 5.41) is 0. The topological polar surface area (TPSA) is 60.0 Å². The van der Waals surface area contributed by atoms with E-state index in [2.05, 4.69) is 15.0 Å². The van der Waals surface area contributed by atoms with E-state index in [4.69, 9.17) is 9.47 Å². The first kappa shape index (κ1) is 18.8. The van der Waals surface area contributed by atoms with Crippen LogP contribution in [0.4, 0.5) is 0 Å². The van der Waals surface area contributed by atoms with Crippen LogP contribution < -0.4 is 9.47 Å². The van der Waals surface area contributed by atoms with E-state index in [1.165, 1.54) is 32.1 Å². The van der Waals surface area contributed by atoms with E-state index < -0.39 is 0 Å².